The zero-order valence-corrected chi connectivity index (χ0v) is 15.2. The Morgan fingerprint density at radius 1 is 0.893 bits per heavy atom. The Bertz CT molecular complexity index is 946. The molecule has 7 nitrogen and oxygen atoms in total. The fourth-order valence-electron chi connectivity index (χ4n) is 2.84. The number of nitrogens with zero attached hydrogens (tertiary/aromatic N) is 2. The summed E-state index contributed by atoms with van der Waals surface area (Å²) in [6, 6.07) is 19.2. The van der Waals surface area contributed by atoms with Crippen LogP contribution >= 0.6 is 0 Å². The number of ether oxygens (including phenoxy) is 2. The van der Waals surface area contributed by atoms with Crippen LogP contribution in [0.5, 0.6) is 11.5 Å². The van der Waals surface area contributed by atoms with Gasteiger partial charge in [-0.25, -0.2) is 0 Å². The molecule has 2 heterocycles. The number of aryl methyl sites for hydroxylation is 1. The molecule has 142 valence electrons. The summed E-state index contributed by atoms with van der Waals surface area (Å²) in [5, 5.41) is 14.1. The first-order chi connectivity index (χ1) is 13.8. The van der Waals surface area contributed by atoms with Gasteiger partial charge in [-0.15, -0.1) is 10.2 Å². The first-order valence-corrected chi connectivity index (χ1v) is 9.06. The van der Waals surface area contributed by atoms with Gasteiger partial charge in [0.15, 0.2) is 17.3 Å². The van der Waals surface area contributed by atoms with Gasteiger partial charge in [-0.2, -0.15) is 0 Å². The smallest absolute Gasteiger partial charge is 0.231 e. The highest BCUT2D eigenvalue weighted by Crippen LogP contribution is 2.32. The van der Waals surface area contributed by atoms with E-state index in [0.717, 1.165) is 22.6 Å². The Labute approximate surface area is 162 Å². The minimum Gasteiger partial charge on any atom is -0.454 e. The number of carbonyl (C=O) groups is 1. The van der Waals surface area contributed by atoms with E-state index >= 15 is 0 Å². The Morgan fingerprint density at radius 2 is 1.68 bits per heavy atom. The van der Waals surface area contributed by atoms with Crippen LogP contribution in [0.1, 0.15) is 17.5 Å². The van der Waals surface area contributed by atoms with Crippen LogP contribution in [0.4, 0.5) is 11.6 Å². The van der Waals surface area contributed by atoms with Crippen LogP contribution in [-0.4, -0.2) is 22.9 Å². The van der Waals surface area contributed by atoms with Crippen LogP contribution in [0.2, 0.25) is 0 Å². The molecule has 0 atom stereocenters. The normalized spacial score (nSPS) is 11.9. The van der Waals surface area contributed by atoms with Crippen LogP contribution in [0, 0.1) is 0 Å². The van der Waals surface area contributed by atoms with E-state index in [2.05, 4.69) is 20.8 Å². The minimum atomic E-state index is -0.0841. The van der Waals surface area contributed by atoms with Crippen LogP contribution in [0.3, 0.4) is 0 Å². The molecule has 0 fully saturated rings. The molecule has 3 aromatic rings. The van der Waals surface area contributed by atoms with Crippen molar-refractivity contribution in [2.24, 2.45) is 0 Å². The van der Waals surface area contributed by atoms with Crippen molar-refractivity contribution >= 4 is 17.5 Å². The molecule has 7 heteroatoms. The first kappa shape index (κ1) is 17.8. The van der Waals surface area contributed by atoms with Gasteiger partial charge in [-0.1, -0.05) is 36.4 Å². The highest BCUT2D eigenvalue weighted by molar-refractivity contribution is 5.89. The third kappa shape index (κ3) is 4.56. The third-order valence-corrected chi connectivity index (χ3v) is 4.33. The number of hydrogen-bond acceptors (Lipinski definition) is 6. The first-order valence-electron chi connectivity index (χ1n) is 9.06. The van der Waals surface area contributed by atoms with E-state index < -0.39 is 0 Å². The number of hydrogen-bond donors (Lipinski definition) is 2. The molecule has 4 rings (SSSR count). The molecule has 1 aromatic heterocycles. The SMILES string of the molecule is O=C(CCc1ccccc1)Nc1ccc(NCc2ccc3c(c2)OCO3)nn1. The zero-order valence-electron chi connectivity index (χ0n) is 15.2. The quantitative estimate of drug-likeness (QED) is 0.657. The van der Waals surface area contributed by atoms with Crippen molar-refractivity contribution in [2.45, 2.75) is 19.4 Å². The monoisotopic (exact) mass is 376 g/mol. The lowest BCUT2D eigenvalue weighted by molar-refractivity contribution is -0.116. The summed E-state index contributed by atoms with van der Waals surface area (Å²) in [6.07, 6.45) is 1.09. The molecule has 0 unspecified atom stereocenters. The molecule has 0 saturated carbocycles. The van der Waals surface area contributed by atoms with Crippen LogP contribution in [0.15, 0.2) is 60.7 Å². The second kappa shape index (κ2) is 8.39. The van der Waals surface area contributed by atoms with E-state index in [4.69, 9.17) is 9.47 Å². The van der Waals surface area contributed by atoms with Crippen molar-refractivity contribution in [1.82, 2.24) is 10.2 Å². The maximum Gasteiger partial charge on any atom is 0.231 e. The van der Waals surface area contributed by atoms with Crippen molar-refractivity contribution in [3.8, 4) is 11.5 Å². The number of rotatable bonds is 7. The molecular formula is C21H20N4O3. The van der Waals surface area contributed by atoms with Crippen molar-refractivity contribution in [3.05, 3.63) is 71.8 Å². The molecule has 1 amide bonds. The molecule has 0 spiro atoms. The number of carbonyl (C=O) groups excluding carboxylic acids is 1. The Balaban J connectivity index is 1.26. The molecule has 0 saturated heterocycles. The lowest BCUT2D eigenvalue weighted by Crippen LogP contribution is -2.14. The molecule has 0 bridgehead atoms. The Kier molecular flexibility index (Phi) is 5.33. The lowest BCUT2D eigenvalue weighted by Gasteiger charge is -2.07. The van der Waals surface area contributed by atoms with Gasteiger partial charge >= 0.3 is 0 Å². The van der Waals surface area contributed by atoms with Gasteiger partial charge in [0.2, 0.25) is 12.7 Å². The van der Waals surface area contributed by atoms with E-state index in [0.29, 0.717) is 31.0 Å². The molecular weight excluding hydrogens is 356 g/mol. The van der Waals surface area contributed by atoms with Gasteiger partial charge in [-0.3, -0.25) is 4.79 Å². The molecule has 0 radical (unpaired) electrons. The number of nitrogens with one attached hydrogen (secondary N) is 2. The number of aromatic nitrogens is 2. The number of amides is 1. The maximum absolute atomic E-state index is 12.1. The third-order valence-electron chi connectivity index (χ3n) is 4.33. The van der Waals surface area contributed by atoms with Crippen LogP contribution in [-0.2, 0) is 17.8 Å². The maximum atomic E-state index is 12.1. The molecule has 2 N–H and O–H groups in total. The van der Waals surface area contributed by atoms with Crippen molar-refractivity contribution in [3.63, 3.8) is 0 Å². The van der Waals surface area contributed by atoms with Crippen molar-refractivity contribution in [2.75, 3.05) is 17.4 Å². The highest BCUT2D eigenvalue weighted by Gasteiger charge is 2.13. The van der Waals surface area contributed by atoms with Gasteiger partial charge in [0.25, 0.3) is 0 Å². The van der Waals surface area contributed by atoms with Gasteiger partial charge in [-0.05, 0) is 41.8 Å². The number of fused-ring (bicyclic) bond motifs is 1. The van der Waals surface area contributed by atoms with E-state index in [1.54, 1.807) is 12.1 Å². The lowest BCUT2D eigenvalue weighted by atomic mass is 10.1. The summed E-state index contributed by atoms with van der Waals surface area (Å²) in [5.41, 5.74) is 2.18. The van der Waals surface area contributed by atoms with E-state index in [9.17, 15) is 4.79 Å². The summed E-state index contributed by atoms with van der Waals surface area (Å²) in [7, 11) is 0. The topological polar surface area (TPSA) is 85.4 Å². The summed E-state index contributed by atoms with van der Waals surface area (Å²) in [5.74, 6) is 2.49. The summed E-state index contributed by atoms with van der Waals surface area (Å²) >= 11 is 0. The van der Waals surface area contributed by atoms with Gasteiger partial charge in [0.05, 0.1) is 0 Å². The van der Waals surface area contributed by atoms with Crippen molar-refractivity contribution in [1.29, 1.82) is 0 Å². The molecule has 0 aliphatic carbocycles. The zero-order chi connectivity index (χ0) is 19.2. The average molecular weight is 376 g/mol. The minimum absolute atomic E-state index is 0.0841. The van der Waals surface area contributed by atoms with Gasteiger partial charge in [0.1, 0.15) is 5.82 Å². The Morgan fingerprint density at radius 3 is 2.50 bits per heavy atom. The van der Waals surface area contributed by atoms with E-state index in [1.807, 2.05) is 48.5 Å². The summed E-state index contributed by atoms with van der Waals surface area (Å²) < 4.78 is 10.7. The van der Waals surface area contributed by atoms with Crippen LogP contribution < -0.4 is 20.1 Å². The molecule has 28 heavy (non-hydrogen) atoms. The van der Waals surface area contributed by atoms with E-state index in [1.165, 1.54) is 0 Å². The molecule has 1 aliphatic rings. The van der Waals surface area contributed by atoms with Crippen LogP contribution in [0.25, 0.3) is 0 Å². The fourth-order valence-corrected chi connectivity index (χ4v) is 2.84. The summed E-state index contributed by atoms with van der Waals surface area (Å²) in [6.45, 7) is 0.838. The number of anilines is 2. The average Bonchev–Trinajstić information content (AvgIpc) is 3.20. The number of benzene rings is 2. The van der Waals surface area contributed by atoms with Crippen molar-refractivity contribution < 1.29 is 14.3 Å². The predicted octanol–water partition coefficient (Wildman–Crippen LogP) is 3.39. The molecule has 2 aromatic carbocycles. The largest absolute Gasteiger partial charge is 0.454 e. The second-order valence-corrected chi connectivity index (χ2v) is 6.38. The van der Waals surface area contributed by atoms with Gasteiger partial charge in [0, 0.05) is 13.0 Å². The fraction of sp³-hybridized carbons (Fsp3) is 0.190. The second-order valence-electron chi connectivity index (χ2n) is 6.38. The van der Waals surface area contributed by atoms with E-state index in [-0.39, 0.29) is 12.7 Å². The standard InChI is InChI=1S/C21H20N4O3/c26-21(11-7-15-4-2-1-3-5-15)23-20-10-9-19(24-25-20)22-13-16-6-8-17-18(12-16)28-14-27-17/h1-6,8-10,12H,7,11,13-14H2,(H,22,24)(H,23,25,26). The predicted molar refractivity (Wildman–Crippen MR) is 105 cm³/mol. The summed E-state index contributed by atoms with van der Waals surface area (Å²) in [4.78, 5) is 12.1. The Hall–Kier alpha value is -3.61. The molecule has 1 aliphatic heterocycles. The highest BCUT2D eigenvalue weighted by atomic mass is 16.7. The van der Waals surface area contributed by atoms with Gasteiger partial charge < -0.3 is 20.1 Å².